The molecule has 0 bridgehead atoms. The van der Waals surface area contributed by atoms with Crippen molar-refractivity contribution in [1.82, 2.24) is 0 Å². The lowest BCUT2D eigenvalue weighted by Gasteiger charge is -2.26. The van der Waals surface area contributed by atoms with Gasteiger partial charge in [-0.25, -0.2) is 4.79 Å². The molecule has 0 aromatic heterocycles. The summed E-state index contributed by atoms with van der Waals surface area (Å²) in [5.41, 5.74) is 0.768. The molecule has 1 rings (SSSR count). The molecule has 0 aliphatic heterocycles. The van der Waals surface area contributed by atoms with E-state index < -0.39 is 8.32 Å². The standard InChI is InChI=1S/C10H16O2Si/c1-13(2,3)12-10-7-5-4-6-9(10)8-11/h5,7,10H,4,6H2,1-3H3. The summed E-state index contributed by atoms with van der Waals surface area (Å²) in [5, 5.41) is 0. The number of hydrogen-bond donors (Lipinski definition) is 0. The van der Waals surface area contributed by atoms with Crippen LogP contribution in [0.2, 0.25) is 19.6 Å². The highest BCUT2D eigenvalue weighted by atomic mass is 28.4. The quantitative estimate of drug-likeness (QED) is 0.385. The molecule has 0 heterocycles. The van der Waals surface area contributed by atoms with Crippen LogP contribution in [0.4, 0.5) is 0 Å². The number of rotatable bonds is 2. The molecule has 0 spiro atoms. The van der Waals surface area contributed by atoms with Crippen molar-refractivity contribution in [3.8, 4) is 0 Å². The molecule has 1 atom stereocenters. The van der Waals surface area contributed by atoms with Crippen molar-refractivity contribution < 1.29 is 9.22 Å². The van der Waals surface area contributed by atoms with Gasteiger partial charge in [0.15, 0.2) is 8.32 Å². The Morgan fingerprint density at radius 1 is 1.54 bits per heavy atom. The average molecular weight is 196 g/mol. The summed E-state index contributed by atoms with van der Waals surface area (Å²) in [5.74, 6) is 1.99. The highest BCUT2D eigenvalue weighted by Crippen LogP contribution is 2.21. The number of carbonyl (C=O) groups excluding carboxylic acids is 1. The van der Waals surface area contributed by atoms with Crippen molar-refractivity contribution >= 4 is 14.3 Å². The first-order valence-electron chi connectivity index (χ1n) is 4.61. The molecule has 0 saturated heterocycles. The van der Waals surface area contributed by atoms with Crippen molar-refractivity contribution in [2.24, 2.45) is 0 Å². The maximum Gasteiger partial charge on any atom is 0.185 e. The fourth-order valence-electron chi connectivity index (χ4n) is 1.32. The van der Waals surface area contributed by atoms with E-state index in [1.54, 1.807) is 0 Å². The van der Waals surface area contributed by atoms with E-state index in [4.69, 9.17) is 4.43 Å². The van der Waals surface area contributed by atoms with Crippen LogP contribution in [0, 0.1) is 0 Å². The van der Waals surface area contributed by atoms with E-state index in [-0.39, 0.29) is 6.10 Å². The Balaban J connectivity index is 2.72. The van der Waals surface area contributed by atoms with Crippen molar-refractivity contribution in [1.29, 1.82) is 0 Å². The van der Waals surface area contributed by atoms with Crippen molar-refractivity contribution in [3.05, 3.63) is 17.7 Å². The zero-order valence-corrected chi connectivity index (χ0v) is 9.46. The maximum absolute atomic E-state index is 10.6. The zero-order valence-electron chi connectivity index (χ0n) is 8.46. The van der Waals surface area contributed by atoms with E-state index >= 15 is 0 Å². The Hall–Kier alpha value is -0.633. The lowest BCUT2D eigenvalue weighted by molar-refractivity contribution is 0.270. The molecule has 3 heteroatoms. The minimum absolute atomic E-state index is 0.0992. The van der Waals surface area contributed by atoms with Gasteiger partial charge in [-0.2, -0.15) is 0 Å². The Bertz CT molecular complexity index is 257. The number of allylic oxidation sites excluding steroid dienone is 1. The first-order valence-corrected chi connectivity index (χ1v) is 8.02. The van der Waals surface area contributed by atoms with Gasteiger partial charge in [0, 0.05) is 5.57 Å². The lowest BCUT2D eigenvalue weighted by Crippen LogP contribution is -2.33. The van der Waals surface area contributed by atoms with Crippen LogP contribution in [-0.2, 0) is 9.22 Å². The molecule has 1 unspecified atom stereocenters. The Morgan fingerprint density at radius 2 is 2.23 bits per heavy atom. The first kappa shape index (κ1) is 10.4. The van der Waals surface area contributed by atoms with Crippen molar-refractivity contribution in [2.45, 2.75) is 38.6 Å². The van der Waals surface area contributed by atoms with Crippen LogP contribution in [0.15, 0.2) is 17.7 Å². The third kappa shape index (κ3) is 3.31. The van der Waals surface area contributed by atoms with Crippen LogP contribution >= 0.6 is 0 Å². The van der Waals surface area contributed by atoms with Gasteiger partial charge in [-0.05, 0) is 32.5 Å². The van der Waals surface area contributed by atoms with Crippen LogP contribution in [0.1, 0.15) is 12.8 Å². The minimum atomic E-state index is -1.55. The largest absolute Gasteiger partial charge is 0.407 e. The molecule has 1 aliphatic rings. The van der Waals surface area contributed by atoms with Gasteiger partial charge in [0.05, 0.1) is 6.10 Å². The van der Waals surface area contributed by atoms with Crippen molar-refractivity contribution in [2.75, 3.05) is 0 Å². The van der Waals surface area contributed by atoms with Gasteiger partial charge in [-0.1, -0.05) is 12.2 Å². The maximum atomic E-state index is 10.6. The summed E-state index contributed by atoms with van der Waals surface area (Å²) in [6.45, 7) is 6.37. The Kier molecular flexibility index (Phi) is 3.26. The summed E-state index contributed by atoms with van der Waals surface area (Å²) >= 11 is 0. The zero-order chi connectivity index (χ0) is 9.90. The van der Waals surface area contributed by atoms with Gasteiger partial charge < -0.3 is 4.43 Å². The summed E-state index contributed by atoms with van der Waals surface area (Å²) < 4.78 is 5.83. The van der Waals surface area contributed by atoms with Crippen LogP contribution in [-0.4, -0.2) is 20.4 Å². The second-order valence-corrected chi connectivity index (χ2v) is 8.71. The Morgan fingerprint density at radius 3 is 2.77 bits per heavy atom. The second kappa shape index (κ2) is 4.05. The van der Waals surface area contributed by atoms with E-state index in [9.17, 15) is 4.79 Å². The van der Waals surface area contributed by atoms with Gasteiger partial charge in [0.1, 0.15) is 5.94 Å². The third-order valence-corrected chi connectivity index (χ3v) is 2.81. The molecule has 0 fully saturated rings. The van der Waals surface area contributed by atoms with Crippen LogP contribution in [0.3, 0.4) is 0 Å². The molecular formula is C10H16O2Si. The highest BCUT2D eigenvalue weighted by Gasteiger charge is 2.23. The topological polar surface area (TPSA) is 26.3 Å². The SMILES string of the molecule is C[Si](C)(C)OC1C=CCCC1=C=O. The normalized spacial score (nSPS) is 23.0. The molecule has 0 aromatic carbocycles. The first-order chi connectivity index (χ1) is 6.03. The van der Waals surface area contributed by atoms with Gasteiger partial charge >= 0.3 is 0 Å². The smallest absolute Gasteiger partial charge is 0.185 e. The summed E-state index contributed by atoms with van der Waals surface area (Å²) in [6.07, 6.45) is 5.69. The van der Waals surface area contributed by atoms with Gasteiger partial charge in [0.25, 0.3) is 0 Å². The van der Waals surface area contributed by atoms with E-state index in [1.807, 2.05) is 12.0 Å². The molecule has 13 heavy (non-hydrogen) atoms. The lowest BCUT2D eigenvalue weighted by atomic mass is 10.0. The fourth-order valence-corrected chi connectivity index (χ4v) is 2.30. The molecule has 0 amide bonds. The molecule has 0 aromatic rings. The fraction of sp³-hybridized carbons (Fsp3) is 0.600. The molecule has 0 saturated carbocycles. The predicted octanol–water partition coefficient (Wildman–Crippen LogP) is 2.31. The van der Waals surface area contributed by atoms with Gasteiger partial charge in [-0.15, -0.1) is 0 Å². The average Bonchev–Trinajstić information content (AvgIpc) is 2.02. The van der Waals surface area contributed by atoms with Crippen molar-refractivity contribution in [3.63, 3.8) is 0 Å². The molecule has 0 N–H and O–H groups in total. The molecule has 0 radical (unpaired) electrons. The van der Waals surface area contributed by atoms with Crippen LogP contribution < -0.4 is 0 Å². The summed E-state index contributed by atoms with van der Waals surface area (Å²) in [6, 6.07) is 0. The van der Waals surface area contributed by atoms with Crippen LogP contribution in [0.5, 0.6) is 0 Å². The summed E-state index contributed by atoms with van der Waals surface area (Å²) in [4.78, 5) is 10.6. The second-order valence-electron chi connectivity index (χ2n) is 4.24. The Labute approximate surface area is 80.4 Å². The summed E-state index contributed by atoms with van der Waals surface area (Å²) in [7, 11) is -1.55. The van der Waals surface area contributed by atoms with E-state index in [1.165, 1.54) is 0 Å². The van der Waals surface area contributed by atoms with E-state index in [2.05, 4.69) is 25.7 Å². The van der Waals surface area contributed by atoms with E-state index in [0.717, 1.165) is 18.4 Å². The molecular weight excluding hydrogens is 180 g/mol. The van der Waals surface area contributed by atoms with Gasteiger partial charge in [0.2, 0.25) is 0 Å². The molecule has 72 valence electrons. The highest BCUT2D eigenvalue weighted by molar-refractivity contribution is 6.69. The molecule has 1 aliphatic carbocycles. The third-order valence-electron chi connectivity index (χ3n) is 1.85. The monoisotopic (exact) mass is 196 g/mol. The predicted molar refractivity (Wildman–Crippen MR) is 55.8 cm³/mol. The molecule has 2 nitrogen and oxygen atoms in total. The number of hydrogen-bond acceptors (Lipinski definition) is 2. The van der Waals surface area contributed by atoms with E-state index in [0.29, 0.717) is 0 Å². The minimum Gasteiger partial charge on any atom is -0.407 e. The van der Waals surface area contributed by atoms with Crippen LogP contribution in [0.25, 0.3) is 0 Å². The van der Waals surface area contributed by atoms with Gasteiger partial charge in [-0.3, -0.25) is 0 Å².